The number of aliphatic hydroxyl groups excluding tert-OH is 1. The Morgan fingerprint density at radius 2 is 1.89 bits per heavy atom. The number of amides is 1. The summed E-state index contributed by atoms with van der Waals surface area (Å²) >= 11 is 0. The van der Waals surface area contributed by atoms with Crippen molar-refractivity contribution in [2.24, 2.45) is 16.7 Å². The minimum absolute atomic E-state index is 0.0220. The molecule has 1 heterocycles. The van der Waals surface area contributed by atoms with Gasteiger partial charge in [0.15, 0.2) is 0 Å². The van der Waals surface area contributed by atoms with Gasteiger partial charge < -0.3 is 15.7 Å². The number of rotatable bonds is 4. The maximum absolute atomic E-state index is 12.3. The monoisotopic (exact) mass is 266 g/mol. The predicted octanol–water partition coefficient (Wildman–Crippen LogP) is 1.04. The largest absolute Gasteiger partial charge is 0.396 e. The molecule has 3 rings (SSSR count). The van der Waals surface area contributed by atoms with Crippen LogP contribution < -0.4 is 10.6 Å². The van der Waals surface area contributed by atoms with Crippen LogP contribution >= 0.6 is 0 Å². The molecule has 108 valence electrons. The predicted molar refractivity (Wildman–Crippen MR) is 73.6 cm³/mol. The van der Waals surface area contributed by atoms with Crippen molar-refractivity contribution in [3.63, 3.8) is 0 Å². The van der Waals surface area contributed by atoms with Gasteiger partial charge >= 0.3 is 0 Å². The second-order valence-corrected chi connectivity index (χ2v) is 6.95. The molecule has 19 heavy (non-hydrogen) atoms. The number of hydrogen-bond donors (Lipinski definition) is 3. The molecule has 3 fully saturated rings. The second-order valence-electron chi connectivity index (χ2n) is 6.95. The molecule has 0 aromatic rings. The highest BCUT2D eigenvalue weighted by Gasteiger charge is 2.57. The number of hydrogen-bond acceptors (Lipinski definition) is 3. The van der Waals surface area contributed by atoms with E-state index in [1.807, 2.05) is 0 Å². The number of piperidine rings is 1. The fourth-order valence-electron chi connectivity index (χ4n) is 4.11. The van der Waals surface area contributed by atoms with Crippen LogP contribution in [0, 0.1) is 16.7 Å². The summed E-state index contributed by atoms with van der Waals surface area (Å²) in [4.78, 5) is 12.3. The van der Waals surface area contributed by atoms with Crippen LogP contribution in [-0.2, 0) is 4.79 Å². The first-order valence-corrected chi connectivity index (χ1v) is 7.79. The van der Waals surface area contributed by atoms with Crippen LogP contribution in [0.2, 0.25) is 0 Å². The van der Waals surface area contributed by atoms with Crippen molar-refractivity contribution in [2.45, 2.75) is 44.9 Å². The molecule has 3 N–H and O–H groups in total. The van der Waals surface area contributed by atoms with Gasteiger partial charge in [-0.15, -0.1) is 0 Å². The standard InChI is InChI=1S/C15H26N2O2/c18-11-14(3-1-2-4-14)10-17-13(19)12-9-15(12)5-7-16-8-6-15/h12,16,18H,1-11H2,(H,17,19)/t12-/m0/s1. The van der Waals surface area contributed by atoms with E-state index in [-0.39, 0.29) is 23.8 Å². The van der Waals surface area contributed by atoms with Gasteiger partial charge in [-0.05, 0) is 50.6 Å². The van der Waals surface area contributed by atoms with Crippen molar-refractivity contribution < 1.29 is 9.90 Å². The zero-order valence-electron chi connectivity index (χ0n) is 11.7. The third-order valence-electron chi connectivity index (χ3n) is 5.74. The molecule has 0 aromatic carbocycles. The normalized spacial score (nSPS) is 31.3. The summed E-state index contributed by atoms with van der Waals surface area (Å²) < 4.78 is 0. The zero-order valence-corrected chi connectivity index (χ0v) is 11.7. The highest BCUT2D eigenvalue weighted by molar-refractivity contribution is 5.82. The van der Waals surface area contributed by atoms with E-state index in [0.29, 0.717) is 12.0 Å². The number of aliphatic hydroxyl groups is 1. The van der Waals surface area contributed by atoms with Gasteiger partial charge in [0.05, 0.1) is 6.61 Å². The van der Waals surface area contributed by atoms with E-state index in [1.54, 1.807) is 0 Å². The van der Waals surface area contributed by atoms with E-state index in [2.05, 4.69) is 10.6 Å². The van der Waals surface area contributed by atoms with Crippen LogP contribution in [0.5, 0.6) is 0 Å². The lowest BCUT2D eigenvalue weighted by atomic mass is 9.87. The first-order valence-electron chi connectivity index (χ1n) is 7.79. The average Bonchev–Trinajstić information content (AvgIpc) is 2.93. The van der Waals surface area contributed by atoms with Gasteiger partial charge in [-0.25, -0.2) is 0 Å². The van der Waals surface area contributed by atoms with Crippen LogP contribution in [0.25, 0.3) is 0 Å². The molecule has 4 nitrogen and oxygen atoms in total. The molecule has 2 aliphatic carbocycles. The molecule has 0 aromatic heterocycles. The molecule has 0 bridgehead atoms. The Hall–Kier alpha value is -0.610. The molecule has 0 radical (unpaired) electrons. The van der Waals surface area contributed by atoms with Gasteiger partial charge in [-0.3, -0.25) is 4.79 Å². The Morgan fingerprint density at radius 1 is 1.21 bits per heavy atom. The molecule has 0 unspecified atom stereocenters. The van der Waals surface area contributed by atoms with Gasteiger partial charge in [0.25, 0.3) is 0 Å². The summed E-state index contributed by atoms with van der Waals surface area (Å²) in [6.45, 7) is 3.01. The first kappa shape index (κ1) is 13.4. The Kier molecular flexibility index (Phi) is 3.56. The van der Waals surface area contributed by atoms with Crippen LogP contribution in [0.4, 0.5) is 0 Å². The van der Waals surface area contributed by atoms with Crippen LogP contribution in [-0.4, -0.2) is 37.3 Å². The molecule has 1 saturated heterocycles. The molecule has 2 saturated carbocycles. The van der Waals surface area contributed by atoms with E-state index in [9.17, 15) is 9.90 Å². The SMILES string of the molecule is O=C(NCC1(CO)CCCC1)[C@@H]1CC12CCNCC2. The minimum atomic E-state index is -0.0220. The van der Waals surface area contributed by atoms with E-state index < -0.39 is 0 Å². The molecule has 1 amide bonds. The van der Waals surface area contributed by atoms with E-state index in [0.717, 1.165) is 45.2 Å². The molecule has 1 atom stereocenters. The first-order chi connectivity index (χ1) is 9.20. The maximum atomic E-state index is 12.3. The molecular weight excluding hydrogens is 240 g/mol. The molecule has 3 aliphatic rings. The van der Waals surface area contributed by atoms with Crippen LogP contribution in [0.15, 0.2) is 0 Å². The Morgan fingerprint density at radius 3 is 2.53 bits per heavy atom. The number of nitrogens with one attached hydrogen (secondary N) is 2. The topological polar surface area (TPSA) is 61.4 Å². The summed E-state index contributed by atoms with van der Waals surface area (Å²) in [7, 11) is 0. The van der Waals surface area contributed by atoms with E-state index >= 15 is 0 Å². The van der Waals surface area contributed by atoms with Crippen molar-refractivity contribution in [2.75, 3.05) is 26.2 Å². The van der Waals surface area contributed by atoms with Crippen molar-refractivity contribution >= 4 is 5.91 Å². The van der Waals surface area contributed by atoms with Gasteiger partial charge in [0, 0.05) is 17.9 Å². The van der Waals surface area contributed by atoms with E-state index in [4.69, 9.17) is 0 Å². The third kappa shape index (κ3) is 2.52. The van der Waals surface area contributed by atoms with Crippen molar-refractivity contribution in [1.29, 1.82) is 0 Å². The Balaban J connectivity index is 1.50. The van der Waals surface area contributed by atoms with Crippen molar-refractivity contribution in [1.82, 2.24) is 10.6 Å². The molecule has 4 heteroatoms. The minimum Gasteiger partial charge on any atom is -0.396 e. The summed E-state index contributed by atoms with van der Waals surface area (Å²) in [5.74, 6) is 0.480. The summed E-state index contributed by atoms with van der Waals surface area (Å²) in [6, 6.07) is 0. The van der Waals surface area contributed by atoms with Gasteiger partial charge in [0.1, 0.15) is 0 Å². The lowest BCUT2D eigenvalue weighted by Gasteiger charge is -2.27. The van der Waals surface area contributed by atoms with Gasteiger partial charge in [-0.1, -0.05) is 12.8 Å². The molecule has 1 aliphatic heterocycles. The zero-order chi connectivity index (χ0) is 13.3. The lowest BCUT2D eigenvalue weighted by Crippen LogP contribution is -2.40. The van der Waals surface area contributed by atoms with Gasteiger partial charge in [-0.2, -0.15) is 0 Å². The number of carbonyl (C=O) groups is 1. The van der Waals surface area contributed by atoms with E-state index in [1.165, 1.54) is 12.8 Å². The fraction of sp³-hybridized carbons (Fsp3) is 0.933. The summed E-state index contributed by atoms with van der Waals surface area (Å²) in [6.07, 6.45) is 7.87. The summed E-state index contributed by atoms with van der Waals surface area (Å²) in [5, 5.41) is 16.1. The quantitative estimate of drug-likeness (QED) is 0.712. The van der Waals surface area contributed by atoms with Gasteiger partial charge in [0.2, 0.25) is 5.91 Å². The number of carbonyl (C=O) groups excluding carboxylic acids is 1. The molecular formula is C15H26N2O2. The average molecular weight is 266 g/mol. The van der Waals surface area contributed by atoms with Crippen molar-refractivity contribution in [3.05, 3.63) is 0 Å². The maximum Gasteiger partial charge on any atom is 0.223 e. The summed E-state index contributed by atoms with van der Waals surface area (Å²) in [5.41, 5.74) is 0.295. The molecule has 1 spiro atoms. The third-order valence-corrected chi connectivity index (χ3v) is 5.74. The van der Waals surface area contributed by atoms with Crippen molar-refractivity contribution in [3.8, 4) is 0 Å². The smallest absolute Gasteiger partial charge is 0.223 e. The van der Waals surface area contributed by atoms with Crippen LogP contribution in [0.3, 0.4) is 0 Å². The van der Waals surface area contributed by atoms with Crippen LogP contribution in [0.1, 0.15) is 44.9 Å². The Labute approximate surface area is 115 Å². The Bertz CT molecular complexity index is 344. The highest BCUT2D eigenvalue weighted by Crippen LogP contribution is 2.58. The highest BCUT2D eigenvalue weighted by atomic mass is 16.3. The lowest BCUT2D eigenvalue weighted by molar-refractivity contribution is -0.124. The fourth-order valence-corrected chi connectivity index (χ4v) is 4.11. The second kappa shape index (κ2) is 5.06.